The third-order valence-electron chi connectivity index (χ3n) is 5.49. The van der Waals surface area contributed by atoms with Crippen LogP contribution in [0.1, 0.15) is 12.8 Å². The maximum Gasteiger partial charge on any atom is 0.243 e. The summed E-state index contributed by atoms with van der Waals surface area (Å²) in [6.07, 6.45) is 1.26. The highest BCUT2D eigenvalue weighted by Crippen LogP contribution is 2.34. The van der Waals surface area contributed by atoms with Gasteiger partial charge < -0.3 is 14.4 Å². The van der Waals surface area contributed by atoms with Crippen molar-refractivity contribution in [1.82, 2.24) is 4.31 Å². The minimum atomic E-state index is -3.77. The van der Waals surface area contributed by atoms with Crippen LogP contribution < -0.4 is 14.4 Å². The van der Waals surface area contributed by atoms with Crippen LogP contribution in [0.2, 0.25) is 5.02 Å². The highest BCUT2D eigenvalue weighted by Gasteiger charge is 2.36. The van der Waals surface area contributed by atoms with Crippen LogP contribution in [0.3, 0.4) is 0 Å². The van der Waals surface area contributed by atoms with Gasteiger partial charge in [0.15, 0.2) is 0 Å². The first-order valence-electron chi connectivity index (χ1n) is 9.78. The topological polar surface area (TPSA) is 76.2 Å². The maximum absolute atomic E-state index is 13.3. The standard InChI is InChI=1S/C21H23ClN2O5S/c1-28-19-9-8-16(13-17(19)22)30(26,27)23-10-4-5-15(14-23)21(25)24-11-12-29-20-7-3-2-6-18(20)24/h2-3,6-9,13,15H,4-5,10-12,14H2,1H3/t15-/m0/s1. The Morgan fingerprint density at radius 2 is 2.00 bits per heavy atom. The van der Waals surface area contributed by atoms with Gasteiger partial charge >= 0.3 is 0 Å². The molecule has 0 unspecified atom stereocenters. The first-order chi connectivity index (χ1) is 14.4. The highest BCUT2D eigenvalue weighted by atomic mass is 35.5. The molecule has 0 aromatic heterocycles. The summed E-state index contributed by atoms with van der Waals surface area (Å²) in [6.45, 7) is 1.38. The quantitative estimate of drug-likeness (QED) is 0.715. The molecule has 30 heavy (non-hydrogen) atoms. The lowest BCUT2D eigenvalue weighted by Crippen LogP contribution is -2.48. The lowest BCUT2D eigenvalue weighted by atomic mass is 9.97. The molecule has 0 saturated carbocycles. The van der Waals surface area contributed by atoms with Gasteiger partial charge in [0.05, 0.1) is 35.2 Å². The Bertz CT molecular complexity index is 1060. The van der Waals surface area contributed by atoms with E-state index in [0.29, 0.717) is 44.0 Å². The second kappa shape index (κ2) is 8.45. The SMILES string of the molecule is COc1ccc(S(=O)(=O)N2CCC[C@H](C(=O)N3CCOc4ccccc43)C2)cc1Cl. The third-order valence-corrected chi connectivity index (χ3v) is 7.65. The average molecular weight is 451 g/mol. The van der Waals surface area contributed by atoms with Gasteiger partial charge in [0.2, 0.25) is 15.9 Å². The van der Waals surface area contributed by atoms with Gasteiger partial charge in [-0.15, -0.1) is 0 Å². The number of methoxy groups -OCH3 is 1. The lowest BCUT2D eigenvalue weighted by Gasteiger charge is -2.36. The molecule has 2 heterocycles. The van der Waals surface area contributed by atoms with Crippen molar-refractivity contribution in [3.8, 4) is 11.5 Å². The molecule has 2 aromatic carbocycles. The average Bonchev–Trinajstić information content (AvgIpc) is 2.78. The maximum atomic E-state index is 13.3. The molecule has 2 aliphatic rings. The molecule has 0 bridgehead atoms. The Hall–Kier alpha value is -2.29. The molecule has 0 radical (unpaired) electrons. The summed E-state index contributed by atoms with van der Waals surface area (Å²) < 4.78 is 38.4. The van der Waals surface area contributed by atoms with Crippen LogP contribution in [0.15, 0.2) is 47.4 Å². The molecular formula is C21H23ClN2O5S. The second-order valence-electron chi connectivity index (χ2n) is 7.30. The number of nitrogens with zero attached hydrogens (tertiary/aromatic N) is 2. The zero-order chi connectivity index (χ0) is 21.3. The highest BCUT2D eigenvalue weighted by molar-refractivity contribution is 7.89. The Kier molecular flexibility index (Phi) is 5.90. The van der Waals surface area contributed by atoms with Crippen LogP contribution >= 0.6 is 11.6 Å². The van der Waals surface area contributed by atoms with Gasteiger partial charge in [0, 0.05) is 13.1 Å². The number of carbonyl (C=O) groups is 1. The van der Waals surface area contributed by atoms with E-state index < -0.39 is 15.9 Å². The fourth-order valence-corrected chi connectivity index (χ4v) is 5.81. The fourth-order valence-electron chi connectivity index (χ4n) is 3.94. The van der Waals surface area contributed by atoms with Crippen LogP contribution in [0.5, 0.6) is 11.5 Å². The van der Waals surface area contributed by atoms with Gasteiger partial charge in [-0.2, -0.15) is 4.31 Å². The number of rotatable bonds is 4. The monoisotopic (exact) mass is 450 g/mol. The van der Waals surface area contributed by atoms with E-state index in [4.69, 9.17) is 21.1 Å². The molecule has 2 aliphatic heterocycles. The summed E-state index contributed by atoms with van der Waals surface area (Å²) in [5, 5.41) is 0.230. The lowest BCUT2D eigenvalue weighted by molar-refractivity contribution is -0.123. The van der Waals surface area contributed by atoms with E-state index in [2.05, 4.69) is 0 Å². The van der Waals surface area contributed by atoms with E-state index in [0.717, 1.165) is 5.69 Å². The summed E-state index contributed by atoms with van der Waals surface area (Å²) in [6, 6.07) is 11.8. The van der Waals surface area contributed by atoms with Crippen molar-refractivity contribution < 1.29 is 22.7 Å². The first kappa shape index (κ1) is 21.0. The summed E-state index contributed by atoms with van der Waals surface area (Å²) >= 11 is 6.12. The van der Waals surface area contributed by atoms with Crippen LogP contribution in [0.4, 0.5) is 5.69 Å². The van der Waals surface area contributed by atoms with E-state index in [9.17, 15) is 13.2 Å². The summed E-state index contributed by atoms with van der Waals surface area (Å²) in [7, 11) is -2.30. The van der Waals surface area contributed by atoms with E-state index in [1.54, 1.807) is 4.90 Å². The van der Waals surface area contributed by atoms with Crippen molar-refractivity contribution in [3.63, 3.8) is 0 Å². The molecular weight excluding hydrogens is 428 g/mol. The number of hydrogen-bond donors (Lipinski definition) is 0. The van der Waals surface area contributed by atoms with Crippen molar-refractivity contribution in [2.24, 2.45) is 5.92 Å². The number of fused-ring (bicyclic) bond motifs is 1. The van der Waals surface area contributed by atoms with E-state index in [1.807, 2.05) is 24.3 Å². The van der Waals surface area contributed by atoms with Crippen LogP contribution in [-0.2, 0) is 14.8 Å². The molecule has 7 nitrogen and oxygen atoms in total. The molecule has 4 rings (SSSR count). The number of benzene rings is 2. The van der Waals surface area contributed by atoms with Gasteiger partial charge in [-0.1, -0.05) is 23.7 Å². The van der Waals surface area contributed by atoms with Crippen LogP contribution in [-0.4, -0.2) is 52.0 Å². The molecule has 2 aromatic rings. The number of sulfonamides is 1. The Morgan fingerprint density at radius 3 is 2.77 bits per heavy atom. The van der Waals surface area contributed by atoms with Gasteiger partial charge in [-0.05, 0) is 43.2 Å². The zero-order valence-corrected chi connectivity index (χ0v) is 18.2. The van der Waals surface area contributed by atoms with Crippen molar-refractivity contribution in [1.29, 1.82) is 0 Å². The minimum Gasteiger partial charge on any atom is -0.495 e. The number of hydrogen-bond acceptors (Lipinski definition) is 5. The van der Waals surface area contributed by atoms with Crippen molar-refractivity contribution in [2.45, 2.75) is 17.7 Å². The normalized spacial score (nSPS) is 19.7. The fraction of sp³-hybridized carbons (Fsp3) is 0.381. The molecule has 1 atom stereocenters. The van der Waals surface area contributed by atoms with Crippen LogP contribution in [0, 0.1) is 5.92 Å². The molecule has 0 N–H and O–H groups in total. The molecule has 9 heteroatoms. The summed E-state index contributed by atoms with van der Waals surface area (Å²) in [4.78, 5) is 15.1. The number of para-hydroxylation sites is 2. The predicted molar refractivity (Wildman–Crippen MR) is 114 cm³/mol. The number of carbonyl (C=O) groups excluding carboxylic acids is 1. The molecule has 0 aliphatic carbocycles. The Balaban J connectivity index is 1.55. The summed E-state index contributed by atoms with van der Waals surface area (Å²) in [5.74, 6) is 0.602. The van der Waals surface area contributed by atoms with Crippen molar-refractivity contribution in [2.75, 3.05) is 38.3 Å². The van der Waals surface area contributed by atoms with Gasteiger partial charge in [0.25, 0.3) is 0 Å². The molecule has 0 spiro atoms. The number of halogens is 1. The zero-order valence-electron chi connectivity index (χ0n) is 16.6. The molecule has 1 fully saturated rings. The van der Waals surface area contributed by atoms with E-state index in [-0.39, 0.29) is 22.4 Å². The molecule has 160 valence electrons. The Labute approximate surface area is 181 Å². The van der Waals surface area contributed by atoms with Crippen LogP contribution in [0.25, 0.3) is 0 Å². The van der Waals surface area contributed by atoms with E-state index >= 15 is 0 Å². The number of ether oxygens (including phenoxy) is 2. The minimum absolute atomic E-state index is 0.0709. The number of piperidine rings is 1. The third kappa shape index (κ3) is 3.87. The number of anilines is 1. The first-order valence-corrected chi connectivity index (χ1v) is 11.6. The Morgan fingerprint density at radius 1 is 1.20 bits per heavy atom. The van der Waals surface area contributed by atoms with E-state index in [1.165, 1.54) is 29.6 Å². The molecule has 1 saturated heterocycles. The number of amides is 1. The van der Waals surface area contributed by atoms with Gasteiger partial charge in [-0.25, -0.2) is 8.42 Å². The smallest absolute Gasteiger partial charge is 0.243 e. The predicted octanol–water partition coefficient (Wildman–Crippen LogP) is 3.17. The summed E-state index contributed by atoms with van der Waals surface area (Å²) in [5.41, 5.74) is 0.732. The molecule has 1 amide bonds. The largest absolute Gasteiger partial charge is 0.495 e. The van der Waals surface area contributed by atoms with Crippen molar-refractivity contribution in [3.05, 3.63) is 47.5 Å². The van der Waals surface area contributed by atoms with Crippen molar-refractivity contribution >= 4 is 33.2 Å². The second-order valence-corrected chi connectivity index (χ2v) is 9.65. The van der Waals surface area contributed by atoms with Gasteiger partial charge in [-0.3, -0.25) is 4.79 Å². The van der Waals surface area contributed by atoms with Gasteiger partial charge in [0.1, 0.15) is 18.1 Å².